The number of nitrogens with zero attached hydrogens (tertiary/aromatic N) is 1. The molecule has 0 radical (unpaired) electrons. The Labute approximate surface area is 188 Å². The number of para-hydroxylation sites is 1. The van der Waals surface area contributed by atoms with Gasteiger partial charge in [0.25, 0.3) is 0 Å². The van der Waals surface area contributed by atoms with Crippen molar-refractivity contribution in [2.75, 3.05) is 27.0 Å². The highest BCUT2D eigenvalue weighted by molar-refractivity contribution is 5.83. The molecule has 2 atom stereocenters. The first kappa shape index (κ1) is 22.0. The fourth-order valence-corrected chi connectivity index (χ4v) is 4.41. The molecule has 4 rings (SSSR count). The van der Waals surface area contributed by atoms with E-state index in [2.05, 4.69) is 5.32 Å². The fraction of sp³-hybridized carbons (Fsp3) is 0.440. The molecule has 7 heteroatoms. The van der Waals surface area contributed by atoms with E-state index in [1.807, 2.05) is 61.2 Å². The molecule has 32 heavy (non-hydrogen) atoms. The second-order valence-corrected chi connectivity index (χ2v) is 8.76. The third kappa shape index (κ3) is 4.66. The summed E-state index contributed by atoms with van der Waals surface area (Å²) in [5.41, 5.74) is 1.89. The van der Waals surface area contributed by atoms with E-state index in [1.165, 1.54) is 0 Å². The summed E-state index contributed by atoms with van der Waals surface area (Å²) in [6, 6.07) is 13.4. The summed E-state index contributed by atoms with van der Waals surface area (Å²) < 4.78 is 16.3. The molecular weight excluding hydrogens is 408 g/mol. The third-order valence-electron chi connectivity index (χ3n) is 6.03. The molecule has 0 saturated carbocycles. The Morgan fingerprint density at radius 1 is 1.12 bits per heavy atom. The highest BCUT2D eigenvalue weighted by atomic mass is 16.7. The van der Waals surface area contributed by atoms with E-state index in [9.17, 15) is 9.59 Å². The van der Waals surface area contributed by atoms with Crippen molar-refractivity contribution < 1.29 is 23.8 Å². The van der Waals surface area contributed by atoms with E-state index in [-0.39, 0.29) is 36.4 Å². The number of fused-ring (bicyclic) bond motifs is 1. The number of rotatable bonds is 7. The summed E-state index contributed by atoms with van der Waals surface area (Å²) in [5, 5.41) is 3.06. The van der Waals surface area contributed by atoms with Crippen molar-refractivity contribution >= 4 is 11.8 Å². The van der Waals surface area contributed by atoms with Gasteiger partial charge >= 0.3 is 0 Å². The van der Waals surface area contributed by atoms with Crippen LogP contribution in [0.4, 0.5) is 0 Å². The first-order valence-electron chi connectivity index (χ1n) is 11.0. The number of carbonyl (C=O) groups excluding carboxylic acids is 2. The van der Waals surface area contributed by atoms with Crippen LogP contribution in [0.15, 0.2) is 42.5 Å². The first-order valence-corrected chi connectivity index (χ1v) is 11.0. The number of nitrogens with one attached hydrogen (secondary N) is 1. The maximum Gasteiger partial charge on any atom is 0.231 e. The number of amides is 2. The Morgan fingerprint density at radius 3 is 2.69 bits per heavy atom. The number of benzene rings is 2. The number of methoxy groups -OCH3 is 1. The topological polar surface area (TPSA) is 77.1 Å². The van der Waals surface area contributed by atoms with Gasteiger partial charge in [-0.05, 0) is 35.2 Å². The Hall–Kier alpha value is -3.22. The highest BCUT2D eigenvalue weighted by Gasteiger charge is 2.41. The Bertz CT molecular complexity index is 990. The van der Waals surface area contributed by atoms with Gasteiger partial charge in [0, 0.05) is 32.0 Å². The predicted octanol–water partition coefficient (Wildman–Crippen LogP) is 3.33. The minimum Gasteiger partial charge on any atom is -0.496 e. The van der Waals surface area contributed by atoms with Gasteiger partial charge in [-0.25, -0.2) is 0 Å². The molecule has 7 nitrogen and oxygen atoms in total. The predicted molar refractivity (Wildman–Crippen MR) is 120 cm³/mol. The molecule has 170 valence electrons. The lowest BCUT2D eigenvalue weighted by molar-refractivity contribution is -0.131. The molecule has 0 aromatic heterocycles. The van der Waals surface area contributed by atoms with Gasteiger partial charge in [-0.1, -0.05) is 38.1 Å². The summed E-state index contributed by atoms with van der Waals surface area (Å²) >= 11 is 0. The number of hydrogen-bond donors (Lipinski definition) is 1. The monoisotopic (exact) mass is 438 g/mol. The zero-order valence-corrected chi connectivity index (χ0v) is 18.8. The standard InChI is InChI=1S/C25H30N2O5/c1-16(2)10-24(28)27-13-19(18-6-4-5-7-21(18)30-3)20(14-27)25(29)26-12-17-8-9-22-23(11-17)32-15-31-22/h4-9,11,16,19-20H,10,12-15H2,1-3H3,(H,26,29). The van der Waals surface area contributed by atoms with Gasteiger partial charge in [-0.15, -0.1) is 0 Å². The number of likely N-dealkylation sites (tertiary alicyclic amines) is 1. The van der Waals surface area contributed by atoms with E-state index < -0.39 is 0 Å². The second-order valence-electron chi connectivity index (χ2n) is 8.76. The van der Waals surface area contributed by atoms with E-state index in [0.29, 0.717) is 37.6 Å². The number of ether oxygens (including phenoxy) is 3. The first-order chi connectivity index (χ1) is 15.5. The van der Waals surface area contributed by atoms with Crippen molar-refractivity contribution in [3.05, 3.63) is 53.6 Å². The molecule has 2 unspecified atom stereocenters. The normalized spacial score (nSPS) is 19.3. The molecule has 2 aliphatic heterocycles. The second kappa shape index (κ2) is 9.51. The van der Waals surface area contributed by atoms with Crippen molar-refractivity contribution in [3.63, 3.8) is 0 Å². The smallest absolute Gasteiger partial charge is 0.231 e. The lowest BCUT2D eigenvalue weighted by atomic mass is 9.87. The molecule has 0 spiro atoms. The lowest BCUT2D eigenvalue weighted by Crippen LogP contribution is -2.35. The Balaban J connectivity index is 1.51. The summed E-state index contributed by atoms with van der Waals surface area (Å²) in [6.07, 6.45) is 0.476. The third-order valence-corrected chi connectivity index (χ3v) is 6.03. The highest BCUT2D eigenvalue weighted by Crippen LogP contribution is 2.38. The minimum absolute atomic E-state index is 0.0709. The summed E-state index contributed by atoms with van der Waals surface area (Å²) in [5.74, 6) is 1.96. The van der Waals surface area contributed by atoms with Crippen LogP contribution in [0.1, 0.15) is 37.3 Å². The molecule has 2 aromatic rings. The Morgan fingerprint density at radius 2 is 1.91 bits per heavy atom. The minimum atomic E-state index is -0.351. The Kier molecular flexibility index (Phi) is 6.53. The van der Waals surface area contributed by atoms with E-state index >= 15 is 0 Å². The van der Waals surface area contributed by atoms with Crippen LogP contribution in [0.25, 0.3) is 0 Å². The van der Waals surface area contributed by atoms with Crippen LogP contribution in [0.2, 0.25) is 0 Å². The molecule has 1 N–H and O–H groups in total. The van der Waals surface area contributed by atoms with E-state index in [4.69, 9.17) is 14.2 Å². The van der Waals surface area contributed by atoms with Crippen molar-refractivity contribution in [2.24, 2.45) is 11.8 Å². The summed E-state index contributed by atoms with van der Waals surface area (Å²) in [6.45, 7) is 5.57. The summed E-state index contributed by atoms with van der Waals surface area (Å²) in [4.78, 5) is 27.9. The van der Waals surface area contributed by atoms with Crippen LogP contribution in [0.3, 0.4) is 0 Å². The van der Waals surface area contributed by atoms with Gasteiger partial charge in [0.2, 0.25) is 18.6 Å². The average Bonchev–Trinajstić information content (AvgIpc) is 3.44. The van der Waals surface area contributed by atoms with Crippen molar-refractivity contribution in [1.29, 1.82) is 0 Å². The molecule has 0 bridgehead atoms. The van der Waals surface area contributed by atoms with Gasteiger partial charge in [0.05, 0.1) is 13.0 Å². The van der Waals surface area contributed by atoms with Crippen molar-refractivity contribution in [2.45, 2.75) is 32.7 Å². The maximum atomic E-state index is 13.3. The van der Waals surface area contributed by atoms with Gasteiger partial charge in [0.15, 0.2) is 11.5 Å². The molecular formula is C25H30N2O5. The van der Waals surface area contributed by atoms with Gasteiger partial charge < -0.3 is 24.4 Å². The molecule has 1 fully saturated rings. The van der Waals surface area contributed by atoms with Crippen molar-refractivity contribution in [1.82, 2.24) is 10.2 Å². The average molecular weight is 439 g/mol. The van der Waals surface area contributed by atoms with Gasteiger partial charge in [0.1, 0.15) is 5.75 Å². The summed E-state index contributed by atoms with van der Waals surface area (Å²) in [7, 11) is 1.63. The zero-order chi connectivity index (χ0) is 22.7. The van der Waals surface area contributed by atoms with Crippen LogP contribution in [0, 0.1) is 11.8 Å². The zero-order valence-electron chi connectivity index (χ0n) is 18.8. The molecule has 2 aliphatic rings. The maximum absolute atomic E-state index is 13.3. The van der Waals surface area contributed by atoms with Crippen LogP contribution in [-0.4, -0.2) is 43.7 Å². The van der Waals surface area contributed by atoms with E-state index in [0.717, 1.165) is 16.9 Å². The van der Waals surface area contributed by atoms with Crippen LogP contribution in [0.5, 0.6) is 17.2 Å². The molecule has 2 aromatic carbocycles. The molecule has 1 saturated heterocycles. The quantitative estimate of drug-likeness (QED) is 0.718. The number of carbonyl (C=O) groups is 2. The largest absolute Gasteiger partial charge is 0.496 e. The van der Waals surface area contributed by atoms with Gasteiger partial charge in [-0.3, -0.25) is 9.59 Å². The SMILES string of the molecule is COc1ccccc1C1CN(C(=O)CC(C)C)CC1C(=O)NCc1ccc2c(c1)OCO2. The molecule has 2 amide bonds. The number of hydrogen-bond acceptors (Lipinski definition) is 5. The molecule has 2 heterocycles. The van der Waals surface area contributed by atoms with E-state index in [1.54, 1.807) is 7.11 Å². The van der Waals surface area contributed by atoms with Crippen LogP contribution in [-0.2, 0) is 16.1 Å². The van der Waals surface area contributed by atoms with Crippen LogP contribution < -0.4 is 19.5 Å². The van der Waals surface area contributed by atoms with Crippen LogP contribution >= 0.6 is 0 Å². The lowest BCUT2D eigenvalue weighted by Gasteiger charge is -2.20. The molecule has 0 aliphatic carbocycles. The fourth-order valence-electron chi connectivity index (χ4n) is 4.41. The van der Waals surface area contributed by atoms with Crippen molar-refractivity contribution in [3.8, 4) is 17.2 Å². The van der Waals surface area contributed by atoms with Gasteiger partial charge in [-0.2, -0.15) is 0 Å².